The number of H-pyrrole nitrogens is 1. The first-order valence-electron chi connectivity index (χ1n) is 7.67. The van der Waals surface area contributed by atoms with E-state index in [2.05, 4.69) is 20.5 Å². The fourth-order valence-electron chi connectivity index (χ4n) is 2.35. The van der Waals surface area contributed by atoms with Crippen molar-refractivity contribution in [2.24, 2.45) is 0 Å². The molecule has 2 aromatic heterocycles. The second kappa shape index (κ2) is 7.48. The second-order valence-electron chi connectivity index (χ2n) is 5.24. The number of amides is 1. The number of carbonyl (C=O) groups excluding carboxylic acids is 1. The summed E-state index contributed by atoms with van der Waals surface area (Å²) in [5.74, 6) is 1.05. The normalized spacial score (nSPS) is 10.3. The smallest absolute Gasteiger partial charge is 0.269 e. The van der Waals surface area contributed by atoms with Gasteiger partial charge in [-0.2, -0.15) is 5.10 Å². The summed E-state index contributed by atoms with van der Waals surface area (Å²) in [6.45, 7) is 0.347. The number of hydrogen-bond donors (Lipinski definition) is 2. The Balaban J connectivity index is 1.75. The van der Waals surface area contributed by atoms with Crippen molar-refractivity contribution in [3.63, 3.8) is 0 Å². The Kier molecular flexibility index (Phi) is 4.94. The number of carbonyl (C=O) groups is 1. The number of aromatic amines is 1. The third-order valence-electron chi connectivity index (χ3n) is 3.66. The van der Waals surface area contributed by atoms with Crippen molar-refractivity contribution in [1.82, 2.24) is 20.5 Å². The zero-order chi connectivity index (χ0) is 17.6. The van der Waals surface area contributed by atoms with Crippen molar-refractivity contribution in [3.05, 3.63) is 60.0 Å². The SMILES string of the molecule is COc1ccc(-c2cc(C(=O)NCc3ccccn3)[nH]n2)c(OC)c1. The van der Waals surface area contributed by atoms with Crippen LogP contribution < -0.4 is 14.8 Å². The number of nitrogens with zero attached hydrogens (tertiary/aromatic N) is 2. The van der Waals surface area contributed by atoms with Gasteiger partial charge >= 0.3 is 0 Å². The van der Waals surface area contributed by atoms with E-state index in [-0.39, 0.29) is 5.91 Å². The maximum Gasteiger partial charge on any atom is 0.269 e. The van der Waals surface area contributed by atoms with Gasteiger partial charge in [-0.05, 0) is 30.3 Å². The zero-order valence-electron chi connectivity index (χ0n) is 13.9. The number of methoxy groups -OCH3 is 2. The molecule has 0 aliphatic rings. The van der Waals surface area contributed by atoms with E-state index >= 15 is 0 Å². The summed E-state index contributed by atoms with van der Waals surface area (Å²) in [5.41, 5.74) is 2.53. The Morgan fingerprint density at radius 3 is 2.76 bits per heavy atom. The maximum atomic E-state index is 12.3. The minimum atomic E-state index is -0.253. The van der Waals surface area contributed by atoms with E-state index in [1.165, 1.54) is 0 Å². The summed E-state index contributed by atoms with van der Waals surface area (Å²) < 4.78 is 10.6. The topological polar surface area (TPSA) is 89.1 Å². The molecule has 25 heavy (non-hydrogen) atoms. The van der Waals surface area contributed by atoms with Gasteiger partial charge in [-0.1, -0.05) is 6.07 Å². The third-order valence-corrected chi connectivity index (χ3v) is 3.66. The monoisotopic (exact) mass is 338 g/mol. The van der Waals surface area contributed by atoms with E-state index in [9.17, 15) is 4.79 Å². The lowest BCUT2D eigenvalue weighted by atomic mass is 10.1. The fraction of sp³-hybridized carbons (Fsp3) is 0.167. The van der Waals surface area contributed by atoms with Crippen LogP contribution in [0.25, 0.3) is 11.3 Å². The lowest BCUT2D eigenvalue weighted by molar-refractivity contribution is 0.0945. The van der Waals surface area contributed by atoms with E-state index in [1.807, 2.05) is 30.3 Å². The first-order chi connectivity index (χ1) is 12.2. The number of pyridine rings is 1. The van der Waals surface area contributed by atoms with Crippen molar-refractivity contribution >= 4 is 5.91 Å². The quantitative estimate of drug-likeness (QED) is 0.720. The Morgan fingerprint density at radius 1 is 1.16 bits per heavy atom. The fourth-order valence-corrected chi connectivity index (χ4v) is 2.35. The van der Waals surface area contributed by atoms with Crippen LogP contribution in [0.15, 0.2) is 48.7 Å². The van der Waals surface area contributed by atoms with Gasteiger partial charge in [0.2, 0.25) is 0 Å². The minimum absolute atomic E-state index is 0.253. The van der Waals surface area contributed by atoms with Gasteiger partial charge in [0.1, 0.15) is 17.2 Å². The van der Waals surface area contributed by atoms with Gasteiger partial charge in [0, 0.05) is 17.8 Å². The zero-order valence-corrected chi connectivity index (χ0v) is 13.9. The summed E-state index contributed by atoms with van der Waals surface area (Å²) >= 11 is 0. The van der Waals surface area contributed by atoms with Crippen LogP contribution in [0.3, 0.4) is 0 Å². The number of aromatic nitrogens is 3. The predicted octanol–water partition coefficient (Wildman–Crippen LogP) is 2.42. The molecule has 1 aromatic carbocycles. The molecule has 0 saturated carbocycles. The average molecular weight is 338 g/mol. The van der Waals surface area contributed by atoms with Crippen molar-refractivity contribution in [2.45, 2.75) is 6.54 Å². The highest BCUT2D eigenvalue weighted by Gasteiger charge is 2.14. The van der Waals surface area contributed by atoms with Gasteiger partial charge in [-0.3, -0.25) is 14.9 Å². The molecule has 0 spiro atoms. The summed E-state index contributed by atoms with van der Waals surface area (Å²) in [4.78, 5) is 16.4. The van der Waals surface area contributed by atoms with Gasteiger partial charge in [0.05, 0.1) is 32.2 Å². The molecule has 2 N–H and O–H groups in total. The van der Waals surface area contributed by atoms with Crippen molar-refractivity contribution in [2.75, 3.05) is 14.2 Å². The molecule has 0 unspecified atom stereocenters. The van der Waals surface area contributed by atoms with Crippen LogP contribution >= 0.6 is 0 Å². The van der Waals surface area contributed by atoms with Crippen LogP contribution in [0.5, 0.6) is 11.5 Å². The summed E-state index contributed by atoms with van der Waals surface area (Å²) in [7, 11) is 3.17. The molecule has 128 valence electrons. The van der Waals surface area contributed by atoms with Crippen LogP contribution in [0.1, 0.15) is 16.2 Å². The molecule has 0 fully saturated rings. The Morgan fingerprint density at radius 2 is 2.04 bits per heavy atom. The van der Waals surface area contributed by atoms with Gasteiger partial charge < -0.3 is 14.8 Å². The molecule has 3 rings (SSSR count). The molecule has 0 bridgehead atoms. The lowest BCUT2D eigenvalue weighted by Gasteiger charge is -2.08. The molecule has 1 amide bonds. The van der Waals surface area contributed by atoms with Crippen molar-refractivity contribution in [1.29, 1.82) is 0 Å². The van der Waals surface area contributed by atoms with E-state index in [1.54, 1.807) is 32.5 Å². The molecule has 3 aromatic rings. The van der Waals surface area contributed by atoms with Crippen LogP contribution in [0.2, 0.25) is 0 Å². The Hall–Kier alpha value is -3.35. The Bertz CT molecular complexity index is 862. The number of benzene rings is 1. The van der Waals surface area contributed by atoms with Gasteiger partial charge in [-0.25, -0.2) is 0 Å². The highest BCUT2D eigenvalue weighted by Crippen LogP contribution is 2.32. The molecular formula is C18H18N4O3. The molecular weight excluding hydrogens is 320 g/mol. The highest BCUT2D eigenvalue weighted by atomic mass is 16.5. The molecule has 0 radical (unpaired) electrons. The third kappa shape index (κ3) is 3.77. The van der Waals surface area contributed by atoms with Crippen molar-refractivity contribution < 1.29 is 14.3 Å². The summed E-state index contributed by atoms with van der Waals surface area (Å²) in [6.07, 6.45) is 1.69. The van der Waals surface area contributed by atoms with Crippen LogP contribution in [-0.4, -0.2) is 35.3 Å². The van der Waals surface area contributed by atoms with Crippen LogP contribution in [-0.2, 0) is 6.54 Å². The predicted molar refractivity (Wildman–Crippen MR) is 92.5 cm³/mol. The van der Waals surface area contributed by atoms with Gasteiger partial charge in [-0.15, -0.1) is 0 Å². The van der Waals surface area contributed by atoms with E-state index in [4.69, 9.17) is 9.47 Å². The minimum Gasteiger partial charge on any atom is -0.497 e. The standard InChI is InChI=1S/C18H18N4O3/c1-24-13-6-7-14(17(9-13)25-2)15-10-16(22-21-15)18(23)20-11-12-5-3-4-8-19-12/h3-10H,11H2,1-2H3,(H,20,23)(H,21,22). The highest BCUT2D eigenvalue weighted by molar-refractivity contribution is 5.93. The molecule has 7 heteroatoms. The first kappa shape index (κ1) is 16.5. The number of ether oxygens (including phenoxy) is 2. The summed E-state index contributed by atoms with van der Waals surface area (Å²) in [5, 5.41) is 9.76. The van der Waals surface area contributed by atoms with Crippen molar-refractivity contribution in [3.8, 4) is 22.8 Å². The summed E-state index contributed by atoms with van der Waals surface area (Å²) in [6, 6.07) is 12.6. The largest absolute Gasteiger partial charge is 0.497 e. The van der Waals surface area contributed by atoms with E-state index < -0.39 is 0 Å². The molecule has 0 aliphatic heterocycles. The molecule has 7 nitrogen and oxygen atoms in total. The van der Waals surface area contributed by atoms with Gasteiger partial charge in [0.15, 0.2) is 0 Å². The van der Waals surface area contributed by atoms with Crippen LogP contribution in [0.4, 0.5) is 0 Å². The first-order valence-corrected chi connectivity index (χ1v) is 7.67. The van der Waals surface area contributed by atoms with Gasteiger partial charge in [0.25, 0.3) is 5.91 Å². The number of hydrogen-bond acceptors (Lipinski definition) is 5. The number of rotatable bonds is 6. The maximum absolute atomic E-state index is 12.3. The Labute approximate surface area is 145 Å². The lowest BCUT2D eigenvalue weighted by Crippen LogP contribution is -2.23. The van der Waals surface area contributed by atoms with E-state index in [0.29, 0.717) is 29.4 Å². The molecule has 0 atom stereocenters. The second-order valence-corrected chi connectivity index (χ2v) is 5.24. The number of nitrogens with one attached hydrogen (secondary N) is 2. The van der Waals surface area contributed by atoms with E-state index in [0.717, 1.165) is 11.3 Å². The molecule has 0 aliphatic carbocycles. The van der Waals surface area contributed by atoms with Crippen LogP contribution in [0, 0.1) is 0 Å². The molecule has 2 heterocycles. The molecule has 0 saturated heterocycles. The average Bonchev–Trinajstić information content (AvgIpc) is 3.16.